The Morgan fingerprint density at radius 3 is 2.58 bits per heavy atom. The topological polar surface area (TPSA) is 65.7 Å². The summed E-state index contributed by atoms with van der Waals surface area (Å²) in [4.78, 5) is 25.0. The molecular weight excluding hydrogens is 560 g/mol. The number of rotatable bonds is 9. The first kappa shape index (κ1) is 32.4. The predicted molar refractivity (Wildman–Crippen MR) is 180 cm³/mol. The van der Waals surface area contributed by atoms with Gasteiger partial charge in [-0.15, -0.1) is 0 Å². The SMILES string of the molecule is Cc1c(C)c2ccc(OCC(=O)O[C@H]3CC[C@@]4(C)C(=CCC5C4CC[C@@]4(C)C5CC[C@@H]4[C@H](C)CCCC(C)C)C3)cc2oc1=O. The second-order valence-electron chi connectivity index (χ2n) is 16.2. The van der Waals surface area contributed by atoms with E-state index in [1.54, 1.807) is 13.0 Å². The van der Waals surface area contributed by atoms with E-state index in [4.69, 9.17) is 13.9 Å². The Balaban J connectivity index is 1.05. The maximum atomic E-state index is 12.9. The molecule has 246 valence electrons. The van der Waals surface area contributed by atoms with E-state index in [1.807, 2.05) is 19.1 Å². The summed E-state index contributed by atoms with van der Waals surface area (Å²) in [5.41, 5.74) is 3.90. The van der Waals surface area contributed by atoms with Gasteiger partial charge in [0.25, 0.3) is 0 Å². The Labute approximate surface area is 270 Å². The van der Waals surface area contributed by atoms with Gasteiger partial charge in [-0.3, -0.25) is 0 Å². The van der Waals surface area contributed by atoms with E-state index in [2.05, 4.69) is 40.7 Å². The third-order valence-electron chi connectivity index (χ3n) is 13.3. The Morgan fingerprint density at radius 1 is 1.00 bits per heavy atom. The van der Waals surface area contributed by atoms with Crippen molar-refractivity contribution in [3.8, 4) is 5.75 Å². The lowest BCUT2D eigenvalue weighted by molar-refractivity contribution is -0.153. The number of ether oxygens (including phenoxy) is 2. The number of aryl methyl sites for hydroxylation is 1. The van der Waals surface area contributed by atoms with E-state index in [-0.39, 0.29) is 29.7 Å². The normalized spacial score (nSPS) is 33.2. The fourth-order valence-electron chi connectivity index (χ4n) is 10.6. The Kier molecular flexibility index (Phi) is 9.04. The van der Waals surface area contributed by atoms with Crippen LogP contribution in [-0.4, -0.2) is 18.7 Å². The van der Waals surface area contributed by atoms with Gasteiger partial charge in [0, 0.05) is 23.4 Å². The molecule has 1 aromatic heterocycles. The second-order valence-corrected chi connectivity index (χ2v) is 16.2. The van der Waals surface area contributed by atoms with Crippen LogP contribution < -0.4 is 10.4 Å². The summed E-state index contributed by atoms with van der Waals surface area (Å²) in [6.45, 7) is 16.0. The molecule has 4 aliphatic rings. The minimum Gasteiger partial charge on any atom is -0.482 e. The number of benzene rings is 1. The van der Waals surface area contributed by atoms with Crippen LogP contribution in [0.3, 0.4) is 0 Å². The minimum absolute atomic E-state index is 0.0892. The zero-order valence-corrected chi connectivity index (χ0v) is 28.9. The molecule has 0 spiro atoms. The summed E-state index contributed by atoms with van der Waals surface area (Å²) in [6, 6.07) is 5.37. The standard InChI is InChI=1S/C40H56O5/c1-24(2)9-8-10-25(3)33-15-16-34-32-13-11-28-21-30(17-19-39(28,6)35(32)18-20-40(33,34)7)44-37(41)23-43-29-12-14-31-26(4)27(5)38(42)45-36(31)22-29/h11-12,14,22,24-25,30,32-35H,8-10,13,15-21,23H2,1-7H3/t25-,30+,32?,33-,34?,35?,39+,40-/m1/s1. The zero-order valence-electron chi connectivity index (χ0n) is 28.9. The molecule has 0 saturated heterocycles. The predicted octanol–water partition coefficient (Wildman–Crippen LogP) is 9.74. The van der Waals surface area contributed by atoms with Crippen LogP contribution in [0.25, 0.3) is 11.0 Å². The molecule has 6 rings (SSSR count). The number of carbonyl (C=O) groups excluding carboxylic acids is 1. The van der Waals surface area contributed by atoms with Crippen LogP contribution in [0.4, 0.5) is 0 Å². The summed E-state index contributed by atoms with van der Waals surface area (Å²) in [7, 11) is 0. The first-order valence-electron chi connectivity index (χ1n) is 18.0. The van der Waals surface area contributed by atoms with E-state index >= 15 is 0 Å². The number of hydrogen-bond acceptors (Lipinski definition) is 5. The average molecular weight is 617 g/mol. The number of allylic oxidation sites excluding steroid dienone is 1. The summed E-state index contributed by atoms with van der Waals surface area (Å²) in [5, 5.41) is 0.872. The maximum Gasteiger partial charge on any atom is 0.344 e. The highest BCUT2D eigenvalue weighted by Gasteiger charge is 2.59. The van der Waals surface area contributed by atoms with Gasteiger partial charge >= 0.3 is 11.6 Å². The molecule has 5 heteroatoms. The molecular formula is C40H56O5. The van der Waals surface area contributed by atoms with Crippen molar-refractivity contribution < 1.29 is 18.7 Å². The van der Waals surface area contributed by atoms with E-state index in [0.29, 0.717) is 22.3 Å². The van der Waals surface area contributed by atoms with Gasteiger partial charge < -0.3 is 13.9 Å². The fourth-order valence-corrected chi connectivity index (χ4v) is 10.6. The van der Waals surface area contributed by atoms with Crippen LogP contribution >= 0.6 is 0 Å². The highest BCUT2D eigenvalue weighted by molar-refractivity contribution is 5.82. The maximum absolute atomic E-state index is 12.9. The second kappa shape index (κ2) is 12.6. The van der Waals surface area contributed by atoms with Crippen LogP contribution in [0, 0.1) is 60.2 Å². The average Bonchev–Trinajstić information content (AvgIpc) is 3.36. The molecule has 3 unspecified atom stereocenters. The number of esters is 1. The molecule has 1 heterocycles. The van der Waals surface area contributed by atoms with Crippen molar-refractivity contribution in [2.45, 2.75) is 125 Å². The Bertz CT molecular complexity index is 1500. The highest BCUT2D eigenvalue weighted by atomic mass is 16.6. The van der Waals surface area contributed by atoms with Gasteiger partial charge in [0.05, 0.1) is 0 Å². The summed E-state index contributed by atoms with van der Waals surface area (Å²) < 4.78 is 17.2. The van der Waals surface area contributed by atoms with Gasteiger partial charge in [0.1, 0.15) is 17.4 Å². The van der Waals surface area contributed by atoms with Gasteiger partial charge in [0.15, 0.2) is 6.61 Å². The van der Waals surface area contributed by atoms with Crippen molar-refractivity contribution in [2.75, 3.05) is 6.61 Å². The van der Waals surface area contributed by atoms with Crippen molar-refractivity contribution in [1.29, 1.82) is 0 Å². The Hall–Kier alpha value is -2.56. The summed E-state index contributed by atoms with van der Waals surface area (Å²) >= 11 is 0. The molecule has 1 aromatic carbocycles. The molecule has 0 radical (unpaired) electrons. The first-order valence-corrected chi connectivity index (χ1v) is 18.0. The van der Waals surface area contributed by atoms with Crippen LogP contribution in [-0.2, 0) is 9.53 Å². The molecule has 3 saturated carbocycles. The molecule has 0 amide bonds. The molecule has 0 N–H and O–H groups in total. The lowest BCUT2D eigenvalue weighted by atomic mass is 9.47. The highest BCUT2D eigenvalue weighted by Crippen LogP contribution is 2.67. The molecule has 4 aliphatic carbocycles. The lowest BCUT2D eigenvalue weighted by Crippen LogP contribution is -2.51. The molecule has 45 heavy (non-hydrogen) atoms. The third-order valence-corrected chi connectivity index (χ3v) is 13.3. The lowest BCUT2D eigenvalue weighted by Gasteiger charge is -2.58. The molecule has 8 atom stereocenters. The van der Waals surface area contributed by atoms with Crippen molar-refractivity contribution in [3.05, 3.63) is 51.4 Å². The van der Waals surface area contributed by atoms with Gasteiger partial charge in [-0.2, -0.15) is 0 Å². The van der Waals surface area contributed by atoms with E-state index in [9.17, 15) is 9.59 Å². The van der Waals surface area contributed by atoms with Crippen molar-refractivity contribution >= 4 is 16.9 Å². The minimum atomic E-state index is -0.346. The number of hydrogen-bond donors (Lipinski definition) is 0. The molecule has 5 nitrogen and oxygen atoms in total. The monoisotopic (exact) mass is 616 g/mol. The Morgan fingerprint density at radius 2 is 1.80 bits per heavy atom. The number of fused-ring (bicyclic) bond motifs is 6. The smallest absolute Gasteiger partial charge is 0.344 e. The third kappa shape index (κ3) is 6.02. The van der Waals surface area contributed by atoms with Gasteiger partial charge in [-0.05, 0) is 123 Å². The van der Waals surface area contributed by atoms with Crippen LogP contribution in [0.5, 0.6) is 5.75 Å². The summed E-state index contributed by atoms with van der Waals surface area (Å²) in [6.07, 6.45) is 16.3. The van der Waals surface area contributed by atoms with Crippen molar-refractivity contribution in [1.82, 2.24) is 0 Å². The largest absolute Gasteiger partial charge is 0.482 e. The molecule has 3 fully saturated rings. The first-order chi connectivity index (χ1) is 21.4. The van der Waals surface area contributed by atoms with Crippen molar-refractivity contribution in [2.24, 2.45) is 46.3 Å². The fraction of sp³-hybridized carbons (Fsp3) is 0.700. The van der Waals surface area contributed by atoms with Gasteiger partial charge in [-0.1, -0.05) is 65.5 Å². The van der Waals surface area contributed by atoms with E-state index < -0.39 is 0 Å². The van der Waals surface area contributed by atoms with Crippen molar-refractivity contribution in [3.63, 3.8) is 0 Å². The zero-order chi connectivity index (χ0) is 32.1. The number of carbonyl (C=O) groups is 1. The molecule has 0 aliphatic heterocycles. The van der Waals surface area contributed by atoms with Crippen LogP contribution in [0.2, 0.25) is 0 Å². The van der Waals surface area contributed by atoms with Gasteiger partial charge in [0.2, 0.25) is 0 Å². The quantitative estimate of drug-likeness (QED) is 0.159. The molecule has 2 aromatic rings. The van der Waals surface area contributed by atoms with E-state index in [0.717, 1.165) is 65.7 Å². The molecule has 0 bridgehead atoms. The van der Waals surface area contributed by atoms with Crippen LogP contribution in [0.15, 0.2) is 39.1 Å². The van der Waals surface area contributed by atoms with Crippen LogP contribution in [0.1, 0.15) is 116 Å². The van der Waals surface area contributed by atoms with E-state index in [1.165, 1.54) is 56.9 Å². The summed E-state index contributed by atoms with van der Waals surface area (Å²) in [5.74, 6) is 5.10. The van der Waals surface area contributed by atoms with Gasteiger partial charge in [-0.25, -0.2) is 9.59 Å².